The van der Waals surface area contributed by atoms with Crippen molar-refractivity contribution in [3.8, 4) is 5.75 Å². The number of halogens is 1. The van der Waals surface area contributed by atoms with E-state index >= 15 is 0 Å². The Hall–Kier alpha value is -2.01. The highest BCUT2D eigenvalue weighted by atomic mass is 35.5. The summed E-state index contributed by atoms with van der Waals surface area (Å²) in [4.78, 5) is 8.74. The fourth-order valence-electron chi connectivity index (χ4n) is 2.52. The van der Waals surface area contributed by atoms with Crippen LogP contribution in [0.5, 0.6) is 5.75 Å². The summed E-state index contributed by atoms with van der Waals surface area (Å²) in [6, 6.07) is 7.73. The van der Waals surface area contributed by atoms with Crippen LogP contribution in [0.1, 0.15) is 44.6 Å². The number of benzene rings is 1. The lowest BCUT2D eigenvalue weighted by molar-refractivity contribution is 0.242. The van der Waals surface area contributed by atoms with Gasteiger partial charge in [-0.1, -0.05) is 6.42 Å². The van der Waals surface area contributed by atoms with E-state index in [1.54, 1.807) is 0 Å². The summed E-state index contributed by atoms with van der Waals surface area (Å²) in [5.41, 5.74) is 8.04. The molecule has 6 heteroatoms. The van der Waals surface area contributed by atoms with Crippen LogP contribution in [0.15, 0.2) is 30.5 Å². The zero-order valence-corrected chi connectivity index (χ0v) is 14.3. The molecule has 0 atom stereocenters. The molecule has 5 nitrogen and oxygen atoms in total. The summed E-state index contributed by atoms with van der Waals surface area (Å²) in [7, 11) is 0. The first-order valence-electron chi connectivity index (χ1n) is 7.78. The quantitative estimate of drug-likeness (QED) is 0.853. The van der Waals surface area contributed by atoms with Crippen LogP contribution in [-0.4, -0.2) is 16.1 Å². The van der Waals surface area contributed by atoms with Gasteiger partial charge in [0.25, 0.3) is 0 Å². The van der Waals surface area contributed by atoms with Crippen LogP contribution in [0.3, 0.4) is 0 Å². The van der Waals surface area contributed by atoms with Gasteiger partial charge in [0.05, 0.1) is 6.10 Å². The predicted octanol–water partition coefficient (Wildman–Crippen LogP) is 4.28. The van der Waals surface area contributed by atoms with E-state index in [0.29, 0.717) is 17.7 Å². The number of nitrogens with two attached hydrogens (primary N) is 1. The molecule has 2 aromatic rings. The lowest BCUT2D eigenvalue weighted by Gasteiger charge is -2.26. The van der Waals surface area contributed by atoms with E-state index < -0.39 is 0 Å². The molecule has 1 saturated carbocycles. The number of ether oxygens (including phenoxy) is 1. The van der Waals surface area contributed by atoms with Crippen molar-refractivity contribution in [1.29, 1.82) is 0 Å². The van der Waals surface area contributed by atoms with Crippen molar-refractivity contribution in [2.45, 2.75) is 45.1 Å². The average molecular weight is 335 g/mol. The predicted molar refractivity (Wildman–Crippen MR) is 95.8 cm³/mol. The van der Waals surface area contributed by atoms with Gasteiger partial charge in [-0.3, -0.25) is 0 Å². The molecule has 124 valence electrons. The molecular weight excluding hydrogens is 312 g/mol. The number of rotatable bonds is 5. The number of nitrogens with zero attached hydrogens (tertiary/aromatic N) is 2. The van der Waals surface area contributed by atoms with Crippen molar-refractivity contribution in [3.05, 3.63) is 36.0 Å². The van der Waals surface area contributed by atoms with Gasteiger partial charge in [-0.15, -0.1) is 12.4 Å². The van der Waals surface area contributed by atoms with Crippen LogP contribution in [0.2, 0.25) is 0 Å². The van der Waals surface area contributed by atoms with E-state index in [1.807, 2.05) is 44.3 Å². The van der Waals surface area contributed by atoms with Crippen molar-refractivity contribution < 1.29 is 4.74 Å². The summed E-state index contributed by atoms with van der Waals surface area (Å²) >= 11 is 0. The van der Waals surface area contributed by atoms with Crippen molar-refractivity contribution in [2.75, 3.05) is 11.1 Å². The minimum atomic E-state index is 0. The number of hydrogen-bond donors (Lipinski definition) is 2. The molecule has 1 aliphatic rings. The molecule has 0 unspecified atom stereocenters. The van der Waals surface area contributed by atoms with Gasteiger partial charge in [0, 0.05) is 17.4 Å². The van der Waals surface area contributed by atoms with Crippen molar-refractivity contribution >= 4 is 29.9 Å². The van der Waals surface area contributed by atoms with Gasteiger partial charge in [0.1, 0.15) is 11.6 Å². The minimum Gasteiger partial charge on any atom is -0.491 e. The molecule has 1 fully saturated rings. The second kappa shape index (κ2) is 7.51. The largest absolute Gasteiger partial charge is 0.491 e. The lowest BCUT2D eigenvalue weighted by Crippen LogP contribution is -2.13. The van der Waals surface area contributed by atoms with Crippen LogP contribution in [0.4, 0.5) is 17.5 Å². The molecule has 0 saturated heterocycles. The first-order chi connectivity index (χ1) is 10.6. The normalized spacial score (nSPS) is 14.0. The molecule has 1 heterocycles. The van der Waals surface area contributed by atoms with Crippen LogP contribution in [0, 0.1) is 0 Å². The second-order valence-corrected chi connectivity index (χ2v) is 5.98. The van der Waals surface area contributed by atoms with E-state index in [4.69, 9.17) is 10.5 Å². The SMILES string of the molecule is CC(C)Oc1ccc(Nc2ncc(C3CCC3)c(N)n2)cc1.Cl. The Morgan fingerprint density at radius 1 is 1.22 bits per heavy atom. The Balaban J connectivity index is 0.00000192. The third kappa shape index (κ3) is 4.26. The van der Waals surface area contributed by atoms with Crippen LogP contribution in [0.25, 0.3) is 0 Å². The van der Waals surface area contributed by atoms with Crippen LogP contribution < -0.4 is 15.8 Å². The molecule has 0 aliphatic heterocycles. The zero-order chi connectivity index (χ0) is 15.5. The molecule has 0 spiro atoms. The number of aromatic nitrogens is 2. The van der Waals surface area contributed by atoms with Gasteiger partial charge < -0.3 is 15.8 Å². The third-order valence-corrected chi connectivity index (χ3v) is 3.88. The van der Waals surface area contributed by atoms with Gasteiger partial charge in [0.2, 0.25) is 5.95 Å². The Kier molecular flexibility index (Phi) is 5.66. The molecule has 3 rings (SSSR count). The van der Waals surface area contributed by atoms with Gasteiger partial charge in [-0.2, -0.15) is 4.98 Å². The van der Waals surface area contributed by atoms with Gasteiger partial charge in [0.15, 0.2) is 0 Å². The van der Waals surface area contributed by atoms with Gasteiger partial charge >= 0.3 is 0 Å². The van der Waals surface area contributed by atoms with E-state index in [0.717, 1.165) is 17.0 Å². The van der Waals surface area contributed by atoms with Crippen molar-refractivity contribution in [1.82, 2.24) is 9.97 Å². The molecule has 0 radical (unpaired) electrons. The Labute approximate surface area is 143 Å². The highest BCUT2D eigenvalue weighted by molar-refractivity contribution is 5.85. The molecule has 1 aromatic heterocycles. The number of nitrogen functional groups attached to an aromatic ring is 1. The molecule has 0 bridgehead atoms. The van der Waals surface area contributed by atoms with Crippen molar-refractivity contribution in [3.63, 3.8) is 0 Å². The summed E-state index contributed by atoms with van der Waals surface area (Å²) in [5, 5.41) is 3.17. The standard InChI is InChI=1S/C17H22N4O.ClH/c1-11(2)22-14-8-6-13(7-9-14)20-17-19-10-15(16(18)21-17)12-4-3-5-12;/h6-12H,3-5H2,1-2H3,(H3,18,19,20,21);1H. The first-order valence-corrected chi connectivity index (χ1v) is 7.78. The maximum absolute atomic E-state index is 6.05. The molecule has 1 aliphatic carbocycles. The van der Waals surface area contributed by atoms with Crippen LogP contribution in [-0.2, 0) is 0 Å². The third-order valence-electron chi connectivity index (χ3n) is 3.88. The van der Waals surface area contributed by atoms with E-state index in [9.17, 15) is 0 Å². The summed E-state index contributed by atoms with van der Waals surface area (Å²) < 4.78 is 5.62. The molecule has 23 heavy (non-hydrogen) atoms. The van der Waals surface area contributed by atoms with Gasteiger partial charge in [-0.25, -0.2) is 4.98 Å². The van der Waals surface area contributed by atoms with Gasteiger partial charge in [-0.05, 0) is 56.9 Å². The first kappa shape index (κ1) is 17.3. The fourth-order valence-corrected chi connectivity index (χ4v) is 2.52. The monoisotopic (exact) mass is 334 g/mol. The Morgan fingerprint density at radius 2 is 1.91 bits per heavy atom. The maximum atomic E-state index is 6.05. The summed E-state index contributed by atoms with van der Waals surface area (Å²) in [6.45, 7) is 4.01. The van der Waals surface area contributed by atoms with E-state index in [1.165, 1.54) is 19.3 Å². The Bertz CT molecular complexity index is 642. The van der Waals surface area contributed by atoms with E-state index in [2.05, 4.69) is 15.3 Å². The molecule has 0 amide bonds. The summed E-state index contributed by atoms with van der Waals surface area (Å²) in [5.74, 6) is 2.50. The summed E-state index contributed by atoms with van der Waals surface area (Å²) in [6.07, 6.45) is 5.68. The Morgan fingerprint density at radius 3 is 2.43 bits per heavy atom. The molecule has 1 aromatic carbocycles. The highest BCUT2D eigenvalue weighted by Crippen LogP contribution is 2.38. The second-order valence-electron chi connectivity index (χ2n) is 5.98. The topological polar surface area (TPSA) is 73.1 Å². The number of anilines is 3. The smallest absolute Gasteiger partial charge is 0.229 e. The maximum Gasteiger partial charge on any atom is 0.229 e. The molecular formula is C17H23ClN4O. The average Bonchev–Trinajstić information content (AvgIpc) is 2.41. The van der Waals surface area contributed by atoms with Crippen molar-refractivity contribution in [2.24, 2.45) is 0 Å². The zero-order valence-electron chi connectivity index (χ0n) is 13.5. The minimum absolute atomic E-state index is 0. The van der Waals surface area contributed by atoms with Crippen LogP contribution >= 0.6 is 12.4 Å². The molecule has 3 N–H and O–H groups in total. The van der Waals surface area contributed by atoms with E-state index in [-0.39, 0.29) is 18.5 Å². The fraction of sp³-hybridized carbons (Fsp3) is 0.412. The number of hydrogen-bond acceptors (Lipinski definition) is 5. The lowest BCUT2D eigenvalue weighted by atomic mass is 9.81. The highest BCUT2D eigenvalue weighted by Gasteiger charge is 2.22. The number of nitrogens with one attached hydrogen (secondary N) is 1.